The molecule has 0 N–H and O–H groups in total. The molecule has 2 aromatic rings. The predicted molar refractivity (Wildman–Crippen MR) is 170 cm³/mol. The number of alkyl halides is 3. The van der Waals surface area contributed by atoms with Crippen LogP contribution in [0, 0.1) is 10.1 Å². The lowest BCUT2D eigenvalue weighted by molar-refractivity contribution is -0.385. The molecule has 2 aromatic carbocycles. The number of ether oxygens (including phenoxy) is 4. The molecule has 0 saturated carbocycles. The van der Waals surface area contributed by atoms with Crippen LogP contribution in [0.15, 0.2) is 52.4 Å². The lowest BCUT2D eigenvalue weighted by Crippen LogP contribution is -2.56. The number of nitro benzene ring substituents is 1. The summed E-state index contributed by atoms with van der Waals surface area (Å²) in [6, 6.07) is 5.87. The zero-order valence-electron chi connectivity index (χ0n) is 27.9. The quantitative estimate of drug-likeness (QED) is 0.0936. The molecule has 0 bridgehead atoms. The van der Waals surface area contributed by atoms with Gasteiger partial charge in [-0.1, -0.05) is 0 Å². The fourth-order valence-corrected chi connectivity index (χ4v) is 6.83. The van der Waals surface area contributed by atoms with Gasteiger partial charge >= 0.3 is 12.3 Å². The topological polar surface area (TPSA) is 193 Å². The van der Waals surface area contributed by atoms with Crippen molar-refractivity contribution in [2.75, 3.05) is 53.1 Å². The third-order valence-corrected chi connectivity index (χ3v) is 10.1. The van der Waals surface area contributed by atoms with Crippen LogP contribution in [0.1, 0.15) is 38.8 Å². The molecule has 1 heterocycles. The number of guanidine groups is 1. The molecular formula is C29H37F3N4O12S2. The Morgan fingerprint density at radius 3 is 2.28 bits per heavy atom. The van der Waals surface area contributed by atoms with Crippen molar-refractivity contribution in [1.82, 2.24) is 9.21 Å². The summed E-state index contributed by atoms with van der Waals surface area (Å²) in [7, 11) is -6.23. The second kappa shape index (κ2) is 15.5. The number of nitro groups is 1. The number of aliphatic imine (C=N–C) groups is 1. The minimum Gasteiger partial charge on any atom is -0.491 e. The van der Waals surface area contributed by atoms with Crippen LogP contribution in [-0.2, 0) is 50.3 Å². The Balaban J connectivity index is 1.98. The van der Waals surface area contributed by atoms with Gasteiger partial charge in [0.15, 0.2) is 0 Å². The van der Waals surface area contributed by atoms with Gasteiger partial charge < -0.3 is 18.9 Å². The monoisotopic (exact) mass is 754 g/mol. The first-order valence-corrected chi connectivity index (χ1v) is 17.6. The first-order valence-electron chi connectivity index (χ1n) is 14.6. The van der Waals surface area contributed by atoms with Crippen molar-refractivity contribution >= 4 is 37.9 Å². The maximum atomic E-state index is 13.6. The van der Waals surface area contributed by atoms with E-state index in [1.165, 1.54) is 14.0 Å². The van der Waals surface area contributed by atoms with E-state index in [2.05, 4.69) is 4.99 Å². The summed E-state index contributed by atoms with van der Waals surface area (Å²) in [4.78, 5) is 29.2. The summed E-state index contributed by atoms with van der Waals surface area (Å²) < 4.78 is 118. The molecule has 0 saturated heterocycles. The lowest BCUT2D eigenvalue weighted by Gasteiger charge is -2.39. The number of halogens is 3. The Hall–Kier alpha value is -4.05. The van der Waals surface area contributed by atoms with Gasteiger partial charge in [-0.2, -0.15) is 21.6 Å². The average Bonchev–Trinajstić information content (AvgIpc) is 3.00. The maximum absolute atomic E-state index is 13.6. The largest absolute Gasteiger partial charge is 0.491 e. The lowest BCUT2D eigenvalue weighted by atomic mass is 9.93. The van der Waals surface area contributed by atoms with Gasteiger partial charge in [0.05, 0.1) is 34.3 Å². The molecule has 0 aliphatic carbocycles. The standard InChI is InChI=1S/C29H37F3N4O12S2/c1-27(2,3)48-26(37)35(19-45-14-13-44-6)25-33-28(4,18-49(40,41)34(25)5)23-17-21(36(38)39)9-12-24(23)46-15-16-47-50(42,43)22-10-7-20(8-11-22)29(30,31)32/h7-12,17H,13-16,18-19H2,1-6H3/t28-/m0/s1. The molecule has 50 heavy (non-hydrogen) atoms. The zero-order chi connectivity index (χ0) is 37.7. The number of non-ortho nitro benzene ring substituents is 1. The van der Waals surface area contributed by atoms with Crippen LogP contribution in [0.2, 0.25) is 0 Å². The van der Waals surface area contributed by atoms with Gasteiger partial charge in [0, 0.05) is 31.9 Å². The summed E-state index contributed by atoms with van der Waals surface area (Å²) in [5.41, 5.74) is -4.50. The van der Waals surface area contributed by atoms with Gasteiger partial charge in [-0.25, -0.2) is 27.4 Å². The Morgan fingerprint density at radius 2 is 1.72 bits per heavy atom. The molecule has 21 heteroatoms. The minimum absolute atomic E-state index is 0.0103. The molecule has 278 valence electrons. The summed E-state index contributed by atoms with van der Waals surface area (Å²) in [5, 5.41) is 11.7. The molecule has 1 aliphatic heterocycles. The SMILES string of the molecule is COCCOCN(C(=O)OC(C)(C)C)C1=N[C@](C)(c2cc([N+](=O)[O-])ccc2OCCOS(=O)(=O)c2ccc(C(F)(F)F)cc2)CS(=O)(=O)N1C. The fraction of sp³-hybridized carbons (Fsp3) is 0.517. The van der Waals surface area contributed by atoms with E-state index >= 15 is 0 Å². The minimum atomic E-state index is -4.68. The van der Waals surface area contributed by atoms with Gasteiger partial charge in [-0.05, 0) is 58.0 Å². The van der Waals surface area contributed by atoms with Crippen LogP contribution in [-0.4, -0.2) is 102 Å². The first kappa shape index (κ1) is 40.4. The number of nitrogens with zero attached hydrogens (tertiary/aromatic N) is 4. The van der Waals surface area contributed by atoms with Crippen LogP contribution in [0.3, 0.4) is 0 Å². The van der Waals surface area contributed by atoms with Gasteiger partial charge in [-0.3, -0.25) is 14.3 Å². The average molecular weight is 755 g/mol. The van der Waals surface area contributed by atoms with Crippen molar-refractivity contribution in [1.29, 1.82) is 0 Å². The number of hydrogen-bond donors (Lipinski definition) is 0. The number of methoxy groups -OCH3 is 1. The van der Waals surface area contributed by atoms with E-state index in [1.54, 1.807) is 20.8 Å². The second-order valence-corrected chi connectivity index (χ2v) is 15.5. The molecule has 1 atom stereocenters. The normalized spacial score (nSPS) is 17.9. The summed E-state index contributed by atoms with van der Waals surface area (Å²) >= 11 is 0. The number of carbonyl (C=O) groups is 1. The van der Waals surface area contributed by atoms with Crippen molar-refractivity contribution in [2.45, 2.75) is 49.9 Å². The molecule has 3 rings (SSSR count). The number of benzene rings is 2. The van der Waals surface area contributed by atoms with Crippen LogP contribution in [0.25, 0.3) is 0 Å². The number of carbonyl (C=O) groups excluding carboxylic acids is 1. The maximum Gasteiger partial charge on any atom is 0.419 e. The van der Waals surface area contributed by atoms with Gasteiger partial charge in [0.2, 0.25) is 16.0 Å². The molecule has 1 aliphatic rings. The molecule has 0 radical (unpaired) electrons. The zero-order valence-corrected chi connectivity index (χ0v) is 29.6. The Bertz CT molecular complexity index is 1800. The summed E-state index contributed by atoms with van der Waals surface area (Å²) in [5.74, 6) is -1.33. The second-order valence-electron chi connectivity index (χ2n) is 11.9. The molecule has 0 fully saturated rings. The van der Waals surface area contributed by atoms with Crippen molar-refractivity contribution < 1.29 is 62.9 Å². The van der Waals surface area contributed by atoms with E-state index in [-0.39, 0.29) is 24.5 Å². The molecule has 1 amide bonds. The van der Waals surface area contributed by atoms with Crippen LogP contribution in [0.4, 0.5) is 23.7 Å². The number of amides is 1. The number of hydrogen-bond acceptors (Lipinski definition) is 13. The van der Waals surface area contributed by atoms with Crippen molar-refractivity contribution in [3.8, 4) is 5.75 Å². The van der Waals surface area contributed by atoms with Crippen molar-refractivity contribution in [3.05, 3.63) is 63.7 Å². The highest BCUT2D eigenvalue weighted by Crippen LogP contribution is 2.40. The fourth-order valence-electron chi connectivity index (χ4n) is 4.43. The van der Waals surface area contributed by atoms with E-state index in [1.807, 2.05) is 0 Å². The third kappa shape index (κ3) is 10.2. The van der Waals surface area contributed by atoms with Crippen molar-refractivity contribution in [2.24, 2.45) is 4.99 Å². The summed E-state index contributed by atoms with van der Waals surface area (Å²) in [6.07, 6.45) is -5.69. The molecule has 0 unspecified atom stereocenters. The first-order chi connectivity index (χ1) is 23.0. The molecule has 0 spiro atoms. The molecular weight excluding hydrogens is 717 g/mol. The number of rotatable bonds is 13. The van der Waals surface area contributed by atoms with Gasteiger partial charge in [0.1, 0.15) is 36.8 Å². The van der Waals surface area contributed by atoms with Crippen LogP contribution < -0.4 is 4.74 Å². The van der Waals surface area contributed by atoms with Gasteiger partial charge in [0.25, 0.3) is 15.8 Å². The number of sulfonamides is 1. The predicted octanol–water partition coefficient (Wildman–Crippen LogP) is 4.10. The Morgan fingerprint density at radius 1 is 1.08 bits per heavy atom. The van der Waals surface area contributed by atoms with E-state index in [4.69, 9.17) is 23.1 Å². The van der Waals surface area contributed by atoms with E-state index in [0.717, 1.165) is 46.6 Å². The van der Waals surface area contributed by atoms with E-state index in [0.29, 0.717) is 12.1 Å². The highest BCUT2D eigenvalue weighted by atomic mass is 32.2. The Kier molecular flexibility index (Phi) is 12.5. The molecule has 16 nitrogen and oxygen atoms in total. The van der Waals surface area contributed by atoms with E-state index in [9.17, 15) is 44.9 Å². The van der Waals surface area contributed by atoms with Crippen molar-refractivity contribution in [3.63, 3.8) is 0 Å². The third-order valence-electron chi connectivity index (χ3n) is 6.82. The Labute approximate surface area is 287 Å². The van der Waals surface area contributed by atoms with Crippen LogP contribution >= 0.6 is 0 Å². The van der Waals surface area contributed by atoms with Gasteiger partial charge in [-0.15, -0.1) is 0 Å². The highest BCUT2D eigenvalue weighted by Gasteiger charge is 2.46. The van der Waals surface area contributed by atoms with Crippen LogP contribution in [0.5, 0.6) is 5.75 Å². The van der Waals surface area contributed by atoms with E-state index < -0.39 is 96.3 Å². The smallest absolute Gasteiger partial charge is 0.419 e. The molecule has 0 aromatic heterocycles. The highest BCUT2D eigenvalue weighted by molar-refractivity contribution is 7.89. The summed E-state index contributed by atoms with van der Waals surface area (Å²) in [6.45, 7) is 4.58.